The Balaban J connectivity index is 1.85. The van der Waals surface area contributed by atoms with Crippen molar-refractivity contribution in [2.45, 2.75) is 39.7 Å². The van der Waals surface area contributed by atoms with Crippen LogP contribution in [0.4, 0.5) is 5.69 Å². The zero-order valence-electron chi connectivity index (χ0n) is 19.5. The third-order valence-electron chi connectivity index (χ3n) is 5.44. The number of carbonyl (C=O) groups is 2. The molecule has 1 fully saturated rings. The summed E-state index contributed by atoms with van der Waals surface area (Å²) < 4.78 is 0. The van der Waals surface area contributed by atoms with E-state index in [0.717, 1.165) is 42.8 Å². The maximum atomic E-state index is 13.4. The van der Waals surface area contributed by atoms with Crippen LogP contribution in [-0.4, -0.2) is 54.6 Å². The lowest BCUT2D eigenvalue weighted by molar-refractivity contribution is 0.0790. The van der Waals surface area contributed by atoms with Crippen molar-refractivity contribution in [3.63, 3.8) is 0 Å². The van der Waals surface area contributed by atoms with E-state index in [4.69, 9.17) is 0 Å². The predicted molar refractivity (Wildman–Crippen MR) is 132 cm³/mol. The largest absolute Gasteiger partial charge is 0.363 e. The van der Waals surface area contributed by atoms with Crippen molar-refractivity contribution < 1.29 is 9.59 Å². The van der Waals surface area contributed by atoms with Crippen LogP contribution < -0.4 is 5.32 Å². The molecular weight excluding hydrogens is 434 g/mol. The maximum Gasteiger partial charge on any atom is 0.266 e. The highest BCUT2D eigenvalue weighted by Gasteiger charge is 2.23. The highest BCUT2D eigenvalue weighted by atomic mass is 32.1. The average molecular weight is 466 g/mol. The van der Waals surface area contributed by atoms with Crippen LogP contribution in [0.15, 0.2) is 35.3 Å². The number of piperidine rings is 1. The summed E-state index contributed by atoms with van der Waals surface area (Å²) in [7, 11) is 1.70. The van der Waals surface area contributed by atoms with Crippen molar-refractivity contribution in [3.05, 3.63) is 51.2 Å². The van der Waals surface area contributed by atoms with Crippen LogP contribution in [0.25, 0.3) is 0 Å². The molecule has 0 aliphatic carbocycles. The van der Waals surface area contributed by atoms with E-state index in [1.807, 2.05) is 26.0 Å². The molecule has 8 heteroatoms. The summed E-state index contributed by atoms with van der Waals surface area (Å²) >= 11 is 1.16. The molecule has 1 aliphatic rings. The smallest absolute Gasteiger partial charge is 0.266 e. The topological polar surface area (TPSA) is 88.8 Å². The quantitative estimate of drug-likeness (QED) is 0.462. The predicted octanol–water partition coefficient (Wildman–Crippen LogP) is 4.42. The molecule has 2 amide bonds. The van der Waals surface area contributed by atoms with E-state index in [9.17, 15) is 14.9 Å². The molecule has 174 valence electrons. The van der Waals surface area contributed by atoms with Crippen LogP contribution in [0.2, 0.25) is 0 Å². The highest BCUT2D eigenvalue weighted by molar-refractivity contribution is 7.16. The molecular formula is C25H31N5O2S. The molecule has 0 unspecified atom stereocenters. The first-order chi connectivity index (χ1) is 15.9. The van der Waals surface area contributed by atoms with Gasteiger partial charge in [0.25, 0.3) is 11.8 Å². The van der Waals surface area contributed by atoms with Gasteiger partial charge in [0.2, 0.25) is 0 Å². The molecule has 1 aromatic carbocycles. The lowest BCUT2D eigenvalue weighted by atomic mass is 10.1. The average Bonchev–Trinajstić information content (AvgIpc) is 3.26. The number of likely N-dealkylation sites (tertiary alicyclic amines) is 1. The van der Waals surface area contributed by atoms with Crippen molar-refractivity contribution >= 4 is 35.2 Å². The second-order valence-corrected chi connectivity index (χ2v) is 9.75. The molecule has 0 bridgehead atoms. The summed E-state index contributed by atoms with van der Waals surface area (Å²) in [5, 5.41) is 12.3. The van der Waals surface area contributed by atoms with Gasteiger partial charge in [0.05, 0.1) is 28.5 Å². The van der Waals surface area contributed by atoms with Crippen LogP contribution in [0.5, 0.6) is 0 Å². The Morgan fingerprint density at radius 3 is 2.70 bits per heavy atom. The Kier molecular flexibility index (Phi) is 8.61. The van der Waals surface area contributed by atoms with E-state index in [-0.39, 0.29) is 11.8 Å². The molecule has 0 saturated carbocycles. The van der Waals surface area contributed by atoms with Crippen LogP contribution in [-0.2, 0) is 6.54 Å². The van der Waals surface area contributed by atoms with Gasteiger partial charge >= 0.3 is 0 Å². The molecule has 2 heterocycles. The Bertz CT molecular complexity index is 1050. The fourth-order valence-corrected chi connectivity index (χ4v) is 4.59. The number of aliphatic imine (C=N–C) groups is 1. The van der Waals surface area contributed by atoms with E-state index in [1.165, 1.54) is 6.42 Å². The highest BCUT2D eigenvalue weighted by Crippen LogP contribution is 2.31. The second kappa shape index (κ2) is 11.6. The van der Waals surface area contributed by atoms with E-state index >= 15 is 0 Å². The Labute approximate surface area is 199 Å². The number of nitrogens with one attached hydrogen (secondary N) is 1. The van der Waals surface area contributed by atoms with Gasteiger partial charge in [-0.25, -0.2) is 4.99 Å². The van der Waals surface area contributed by atoms with E-state index in [2.05, 4.69) is 21.3 Å². The monoisotopic (exact) mass is 465 g/mol. The van der Waals surface area contributed by atoms with Gasteiger partial charge in [-0.05, 0) is 42.9 Å². The SMILES string of the molecule is CC(C)CNC(=O)c1cc(/N=C/N2CCCCC2)c(C(=O)N(C)Cc2ccccc2C#N)s1. The maximum absolute atomic E-state index is 13.4. The van der Waals surface area contributed by atoms with Gasteiger partial charge in [-0.2, -0.15) is 5.26 Å². The number of hydrogen-bond donors (Lipinski definition) is 1. The molecule has 3 rings (SSSR count). The van der Waals surface area contributed by atoms with E-state index in [1.54, 1.807) is 36.5 Å². The lowest BCUT2D eigenvalue weighted by Crippen LogP contribution is -2.28. The van der Waals surface area contributed by atoms with Crippen molar-refractivity contribution in [1.82, 2.24) is 15.1 Å². The van der Waals surface area contributed by atoms with Crippen molar-refractivity contribution in [2.24, 2.45) is 10.9 Å². The lowest BCUT2D eigenvalue weighted by Gasteiger charge is -2.23. The van der Waals surface area contributed by atoms with Crippen LogP contribution in [0, 0.1) is 17.2 Å². The molecule has 1 aliphatic heterocycles. The number of thiophene rings is 1. The minimum absolute atomic E-state index is 0.195. The molecule has 0 radical (unpaired) electrons. The van der Waals surface area contributed by atoms with Crippen LogP contribution in [0.3, 0.4) is 0 Å². The summed E-state index contributed by atoms with van der Waals surface area (Å²) in [4.78, 5) is 35.2. The first kappa shape index (κ1) is 24.5. The summed E-state index contributed by atoms with van der Waals surface area (Å²) in [5.74, 6) is -0.0842. The Hall–Kier alpha value is -3.18. The number of amides is 2. The summed E-state index contributed by atoms with van der Waals surface area (Å²) in [5.41, 5.74) is 1.83. The molecule has 0 atom stereocenters. The summed E-state index contributed by atoms with van der Waals surface area (Å²) in [6.45, 7) is 6.83. The van der Waals surface area contributed by atoms with Gasteiger partial charge in [-0.1, -0.05) is 32.0 Å². The van der Waals surface area contributed by atoms with Gasteiger partial charge in [0.15, 0.2) is 0 Å². The van der Waals surface area contributed by atoms with Gasteiger partial charge in [-0.3, -0.25) is 9.59 Å². The Morgan fingerprint density at radius 2 is 2.00 bits per heavy atom. The first-order valence-corrected chi connectivity index (χ1v) is 12.1. The fraction of sp³-hybridized carbons (Fsp3) is 0.440. The summed E-state index contributed by atoms with van der Waals surface area (Å²) in [6, 6.07) is 11.1. The Morgan fingerprint density at radius 1 is 1.27 bits per heavy atom. The number of nitrogens with zero attached hydrogens (tertiary/aromatic N) is 4. The number of hydrogen-bond acceptors (Lipinski definition) is 5. The van der Waals surface area contributed by atoms with E-state index < -0.39 is 0 Å². The minimum Gasteiger partial charge on any atom is -0.363 e. The van der Waals surface area contributed by atoms with Crippen LogP contribution >= 0.6 is 11.3 Å². The van der Waals surface area contributed by atoms with Gasteiger partial charge in [-0.15, -0.1) is 11.3 Å². The third kappa shape index (κ3) is 6.65. The number of carbonyl (C=O) groups excluding carboxylic acids is 2. The number of rotatable bonds is 8. The molecule has 1 saturated heterocycles. The number of benzene rings is 1. The second-order valence-electron chi connectivity index (χ2n) is 8.70. The summed E-state index contributed by atoms with van der Waals surface area (Å²) in [6.07, 6.45) is 5.27. The van der Waals surface area contributed by atoms with Crippen molar-refractivity contribution in [1.29, 1.82) is 5.26 Å². The van der Waals surface area contributed by atoms with Crippen LogP contribution in [0.1, 0.15) is 63.6 Å². The van der Waals surface area contributed by atoms with Gasteiger partial charge in [0.1, 0.15) is 4.88 Å². The molecule has 2 aromatic rings. The molecule has 33 heavy (non-hydrogen) atoms. The zero-order valence-corrected chi connectivity index (χ0v) is 20.3. The van der Waals surface area contributed by atoms with Gasteiger partial charge in [0, 0.05) is 33.2 Å². The van der Waals surface area contributed by atoms with E-state index in [0.29, 0.717) is 40.0 Å². The van der Waals surface area contributed by atoms with Gasteiger partial charge < -0.3 is 15.1 Å². The third-order valence-corrected chi connectivity index (χ3v) is 6.56. The van der Waals surface area contributed by atoms with Crippen molar-refractivity contribution in [2.75, 3.05) is 26.7 Å². The molecule has 7 nitrogen and oxygen atoms in total. The standard InChI is InChI=1S/C25H31N5O2S/c1-18(2)15-27-24(31)22-13-21(28-17-30-11-7-4-8-12-30)23(33-22)25(32)29(3)16-20-10-6-5-9-19(20)14-26/h5-6,9-10,13,17-18H,4,7-8,11-12,15-16H2,1-3H3,(H,27,31)/b28-17+. The zero-order chi connectivity index (χ0) is 23.8. The normalized spacial score (nSPS) is 13.8. The van der Waals surface area contributed by atoms with Crippen molar-refractivity contribution in [3.8, 4) is 6.07 Å². The molecule has 1 N–H and O–H groups in total. The molecule has 1 aromatic heterocycles. The first-order valence-electron chi connectivity index (χ1n) is 11.3. The number of nitriles is 1. The molecule has 0 spiro atoms. The fourth-order valence-electron chi connectivity index (χ4n) is 3.57. The minimum atomic E-state index is -0.221.